The quantitative estimate of drug-likeness (QED) is 0.493. The maximum Gasteiger partial charge on any atom is 0.343 e. The lowest BCUT2D eigenvalue weighted by Gasteiger charge is -2.18. The molecule has 2 rings (SSSR count). The average molecular weight is 301 g/mol. The van der Waals surface area contributed by atoms with Gasteiger partial charge >= 0.3 is 5.82 Å². The SMILES string of the molecule is Cc1ncc([N+](=O)[O-])n1CC(=O)c1ccc(C(C)(C)C)cc1. The molecule has 0 spiro atoms. The van der Waals surface area contributed by atoms with Crippen LogP contribution in [0.15, 0.2) is 30.5 Å². The van der Waals surface area contributed by atoms with Crippen molar-refractivity contribution in [3.05, 3.63) is 57.5 Å². The van der Waals surface area contributed by atoms with E-state index in [2.05, 4.69) is 25.8 Å². The van der Waals surface area contributed by atoms with Crippen LogP contribution in [-0.2, 0) is 12.0 Å². The number of Topliss-reactive ketones (excluding diaryl/α,β-unsaturated/α-hetero) is 1. The zero-order valence-electron chi connectivity index (χ0n) is 13.2. The first kappa shape index (κ1) is 15.9. The molecule has 0 radical (unpaired) electrons. The van der Waals surface area contributed by atoms with Crippen LogP contribution < -0.4 is 0 Å². The predicted octanol–water partition coefficient (Wildman–Crippen LogP) is 3.28. The highest BCUT2D eigenvalue weighted by Gasteiger charge is 2.21. The summed E-state index contributed by atoms with van der Waals surface area (Å²) in [6.07, 6.45) is 1.17. The Morgan fingerprint density at radius 1 is 1.27 bits per heavy atom. The first-order valence-corrected chi connectivity index (χ1v) is 7.00. The van der Waals surface area contributed by atoms with E-state index < -0.39 is 4.92 Å². The minimum atomic E-state index is -0.532. The van der Waals surface area contributed by atoms with Crippen molar-refractivity contribution >= 4 is 11.6 Å². The van der Waals surface area contributed by atoms with Gasteiger partial charge in [-0.15, -0.1) is 0 Å². The van der Waals surface area contributed by atoms with E-state index in [4.69, 9.17) is 0 Å². The van der Waals surface area contributed by atoms with Gasteiger partial charge in [-0.05, 0) is 15.9 Å². The third kappa shape index (κ3) is 3.21. The number of benzene rings is 1. The van der Waals surface area contributed by atoms with Crippen molar-refractivity contribution in [1.82, 2.24) is 9.55 Å². The fourth-order valence-electron chi connectivity index (χ4n) is 2.19. The molecule has 0 aliphatic carbocycles. The fraction of sp³-hybridized carbons (Fsp3) is 0.375. The van der Waals surface area contributed by atoms with Crippen molar-refractivity contribution in [3.63, 3.8) is 0 Å². The number of aromatic nitrogens is 2. The highest BCUT2D eigenvalue weighted by atomic mass is 16.6. The molecule has 0 fully saturated rings. The van der Waals surface area contributed by atoms with Gasteiger partial charge in [0.1, 0.15) is 6.20 Å². The van der Waals surface area contributed by atoms with Gasteiger partial charge in [-0.25, -0.2) is 9.55 Å². The lowest BCUT2D eigenvalue weighted by Crippen LogP contribution is -2.15. The Hall–Kier alpha value is -2.50. The summed E-state index contributed by atoms with van der Waals surface area (Å²) >= 11 is 0. The summed E-state index contributed by atoms with van der Waals surface area (Å²) in [5, 5.41) is 10.9. The molecule has 1 aromatic carbocycles. The third-order valence-corrected chi connectivity index (χ3v) is 3.60. The highest BCUT2D eigenvalue weighted by molar-refractivity contribution is 5.96. The van der Waals surface area contributed by atoms with E-state index in [-0.39, 0.29) is 23.6 Å². The van der Waals surface area contributed by atoms with Crippen LogP contribution in [-0.4, -0.2) is 20.3 Å². The Morgan fingerprint density at radius 2 is 1.86 bits per heavy atom. The number of hydrogen-bond donors (Lipinski definition) is 0. The summed E-state index contributed by atoms with van der Waals surface area (Å²) in [5.74, 6) is 0.105. The van der Waals surface area contributed by atoms with Crippen LogP contribution in [0.4, 0.5) is 5.82 Å². The van der Waals surface area contributed by atoms with Crippen molar-refractivity contribution in [3.8, 4) is 0 Å². The summed E-state index contributed by atoms with van der Waals surface area (Å²) in [6, 6.07) is 7.37. The first-order chi connectivity index (χ1) is 10.2. The second kappa shape index (κ2) is 5.71. The summed E-state index contributed by atoms with van der Waals surface area (Å²) in [5.41, 5.74) is 1.69. The number of ketones is 1. The highest BCUT2D eigenvalue weighted by Crippen LogP contribution is 2.22. The molecule has 0 saturated carbocycles. The molecule has 116 valence electrons. The van der Waals surface area contributed by atoms with Crippen molar-refractivity contribution in [2.24, 2.45) is 0 Å². The van der Waals surface area contributed by atoms with Crippen molar-refractivity contribution < 1.29 is 9.72 Å². The molecule has 0 atom stereocenters. The Bertz CT molecular complexity index is 709. The molecule has 0 saturated heterocycles. The molecule has 0 aliphatic rings. The van der Waals surface area contributed by atoms with Gasteiger partial charge in [-0.1, -0.05) is 45.0 Å². The standard InChI is InChI=1S/C16H19N3O3/c1-11-17-9-15(19(21)22)18(11)10-14(20)12-5-7-13(8-6-12)16(2,3)4/h5-9H,10H2,1-4H3. The second-order valence-electron chi connectivity index (χ2n) is 6.26. The molecular formula is C16H19N3O3. The molecular weight excluding hydrogens is 282 g/mol. The van der Waals surface area contributed by atoms with Crippen molar-refractivity contribution in [2.75, 3.05) is 0 Å². The summed E-state index contributed by atoms with van der Waals surface area (Å²) in [6.45, 7) is 7.85. The molecule has 0 N–H and O–H groups in total. The number of imidazole rings is 1. The number of aryl methyl sites for hydroxylation is 1. The molecule has 6 nitrogen and oxygen atoms in total. The largest absolute Gasteiger partial charge is 0.358 e. The summed E-state index contributed by atoms with van der Waals surface area (Å²) < 4.78 is 1.32. The van der Waals surface area contributed by atoms with Gasteiger partial charge in [0, 0.05) is 12.5 Å². The van der Waals surface area contributed by atoms with Crippen LogP contribution >= 0.6 is 0 Å². The lowest BCUT2D eigenvalue weighted by molar-refractivity contribution is -0.392. The molecule has 0 aliphatic heterocycles. The van der Waals surface area contributed by atoms with Crippen LogP contribution in [0.25, 0.3) is 0 Å². The number of nitrogens with zero attached hydrogens (tertiary/aromatic N) is 3. The number of nitro groups is 1. The van der Waals surface area contributed by atoms with E-state index in [1.807, 2.05) is 12.1 Å². The van der Waals surface area contributed by atoms with Crippen LogP contribution in [0.5, 0.6) is 0 Å². The lowest BCUT2D eigenvalue weighted by atomic mass is 9.86. The first-order valence-electron chi connectivity index (χ1n) is 7.00. The Morgan fingerprint density at radius 3 is 2.36 bits per heavy atom. The molecule has 0 amide bonds. The maximum absolute atomic E-state index is 12.3. The minimum absolute atomic E-state index is 0.0152. The molecule has 22 heavy (non-hydrogen) atoms. The van der Waals surface area contributed by atoms with E-state index in [0.717, 1.165) is 5.56 Å². The van der Waals surface area contributed by atoms with Gasteiger partial charge in [0.15, 0.2) is 12.4 Å². The topological polar surface area (TPSA) is 78.0 Å². The van der Waals surface area contributed by atoms with Gasteiger partial charge in [0.25, 0.3) is 0 Å². The molecule has 1 aromatic heterocycles. The van der Waals surface area contributed by atoms with Gasteiger partial charge in [0.05, 0.1) is 0 Å². The molecule has 2 aromatic rings. The van der Waals surface area contributed by atoms with E-state index in [9.17, 15) is 14.9 Å². The number of rotatable bonds is 4. The zero-order valence-corrected chi connectivity index (χ0v) is 13.2. The van der Waals surface area contributed by atoms with E-state index in [1.54, 1.807) is 19.1 Å². The molecule has 6 heteroatoms. The second-order valence-corrected chi connectivity index (χ2v) is 6.26. The average Bonchev–Trinajstić information content (AvgIpc) is 2.79. The monoisotopic (exact) mass is 301 g/mol. The van der Waals surface area contributed by atoms with Crippen LogP contribution in [0.1, 0.15) is 42.5 Å². The van der Waals surface area contributed by atoms with Crippen LogP contribution in [0.2, 0.25) is 0 Å². The predicted molar refractivity (Wildman–Crippen MR) is 83.1 cm³/mol. The minimum Gasteiger partial charge on any atom is -0.358 e. The molecule has 0 bridgehead atoms. The number of carbonyl (C=O) groups is 1. The van der Waals surface area contributed by atoms with Gasteiger partial charge in [0.2, 0.25) is 5.78 Å². The third-order valence-electron chi connectivity index (χ3n) is 3.60. The van der Waals surface area contributed by atoms with E-state index in [1.165, 1.54) is 10.8 Å². The van der Waals surface area contributed by atoms with Gasteiger partial charge < -0.3 is 10.1 Å². The van der Waals surface area contributed by atoms with Gasteiger partial charge in [-0.2, -0.15) is 0 Å². The molecule has 0 unspecified atom stereocenters. The summed E-state index contributed by atoms with van der Waals surface area (Å²) in [4.78, 5) is 26.6. The van der Waals surface area contributed by atoms with E-state index >= 15 is 0 Å². The van der Waals surface area contributed by atoms with Crippen molar-refractivity contribution in [1.29, 1.82) is 0 Å². The Labute approximate surface area is 128 Å². The number of carbonyl (C=O) groups excluding carboxylic acids is 1. The Balaban J connectivity index is 2.23. The van der Waals surface area contributed by atoms with Crippen LogP contribution in [0, 0.1) is 17.0 Å². The normalized spacial score (nSPS) is 11.5. The summed E-state index contributed by atoms with van der Waals surface area (Å²) in [7, 11) is 0. The fourth-order valence-corrected chi connectivity index (χ4v) is 2.19. The zero-order chi connectivity index (χ0) is 16.5. The smallest absolute Gasteiger partial charge is 0.343 e. The van der Waals surface area contributed by atoms with Gasteiger partial charge in [-0.3, -0.25) is 4.79 Å². The van der Waals surface area contributed by atoms with E-state index in [0.29, 0.717) is 11.4 Å². The Kier molecular flexibility index (Phi) is 4.12. The van der Waals surface area contributed by atoms with Crippen LogP contribution in [0.3, 0.4) is 0 Å². The maximum atomic E-state index is 12.3. The molecule has 1 heterocycles. The number of hydrogen-bond acceptors (Lipinski definition) is 4. The van der Waals surface area contributed by atoms with Crippen molar-refractivity contribution in [2.45, 2.75) is 39.7 Å².